The molecule has 0 aromatic heterocycles. The summed E-state index contributed by atoms with van der Waals surface area (Å²) in [6, 6.07) is 5.53. The van der Waals surface area contributed by atoms with Gasteiger partial charge in [0.1, 0.15) is 5.75 Å². The fourth-order valence-corrected chi connectivity index (χ4v) is 2.55. The van der Waals surface area contributed by atoms with Gasteiger partial charge < -0.3 is 15.2 Å². The van der Waals surface area contributed by atoms with Gasteiger partial charge in [0, 0.05) is 23.2 Å². The van der Waals surface area contributed by atoms with E-state index < -0.39 is 0 Å². The van der Waals surface area contributed by atoms with Gasteiger partial charge in [-0.1, -0.05) is 11.6 Å². The molecule has 2 unspecified atom stereocenters. The van der Waals surface area contributed by atoms with Crippen LogP contribution in [0.3, 0.4) is 0 Å². The second-order valence-electron chi connectivity index (χ2n) is 5.10. The molecule has 1 aromatic rings. The summed E-state index contributed by atoms with van der Waals surface area (Å²) in [6.07, 6.45) is 4.89. The number of rotatable bonds is 6. The fraction of sp³-hybridized carbons (Fsp3) is 0.600. The van der Waals surface area contributed by atoms with Gasteiger partial charge in [0.2, 0.25) is 0 Å². The first-order valence-corrected chi connectivity index (χ1v) is 7.34. The Morgan fingerprint density at radius 2 is 2.37 bits per heavy atom. The second kappa shape index (κ2) is 7.13. The molecule has 0 spiro atoms. The van der Waals surface area contributed by atoms with Gasteiger partial charge >= 0.3 is 0 Å². The van der Waals surface area contributed by atoms with Crippen molar-refractivity contribution in [2.45, 2.75) is 44.8 Å². The summed E-state index contributed by atoms with van der Waals surface area (Å²) in [5, 5.41) is 0.694. The molecule has 1 heterocycles. The van der Waals surface area contributed by atoms with Crippen LogP contribution in [-0.2, 0) is 4.74 Å². The lowest BCUT2D eigenvalue weighted by Gasteiger charge is -2.15. The molecule has 2 N–H and O–H groups in total. The molecule has 2 atom stereocenters. The maximum atomic E-state index is 5.98. The topological polar surface area (TPSA) is 44.5 Å². The molecule has 0 bridgehead atoms. The molecule has 2 rings (SSSR count). The molecule has 1 aliphatic heterocycles. The first kappa shape index (κ1) is 14.6. The molecule has 1 fully saturated rings. The SMILES string of the molecule is CC(N)c1cc(Cl)ccc1OCCCC1CCCO1. The maximum Gasteiger partial charge on any atom is 0.124 e. The van der Waals surface area contributed by atoms with Crippen molar-refractivity contribution in [3.63, 3.8) is 0 Å². The predicted molar refractivity (Wildman–Crippen MR) is 77.8 cm³/mol. The van der Waals surface area contributed by atoms with E-state index in [0.717, 1.165) is 30.8 Å². The van der Waals surface area contributed by atoms with Crippen LogP contribution in [0.5, 0.6) is 5.75 Å². The molecule has 0 aliphatic carbocycles. The molecule has 0 radical (unpaired) electrons. The van der Waals surface area contributed by atoms with E-state index in [4.69, 9.17) is 26.8 Å². The van der Waals surface area contributed by atoms with Crippen molar-refractivity contribution in [3.05, 3.63) is 28.8 Å². The van der Waals surface area contributed by atoms with Crippen molar-refractivity contribution in [1.82, 2.24) is 0 Å². The molecule has 19 heavy (non-hydrogen) atoms. The van der Waals surface area contributed by atoms with Gasteiger partial charge in [0.25, 0.3) is 0 Å². The molecular weight excluding hydrogens is 262 g/mol. The van der Waals surface area contributed by atoms with Crippen molar-refractivity contribution >= 4 is 11.6 Å². The maximum absolute atomic E-state index is 5.98. The smallest absolute Gasteiger partial charge is 0.124 e. The van der Waals surface area contributed by atoms with E-state index in [-0.39, 0.29) is 6.04 Å². The minimum atomic E-state index is -0.0770. The van der Waals surface area contributed by atoms with Gasteiger partial charge in [-0.05, 0) is 50.8 Å². The quantitative estimate of drug-likeness (QED) is 0.810. The minimum absolute atomic E-state index is 0.0770. The molecule has 3 nitrogen and oxygen atoms in total. The summed E-state index contributed by atoms with van der Waals surface area (Å²) in [6.45, 7) is 3.55. The second-order valence-corrected chi connectivity index (χ2v) is 5.53. The summed E-state index contributed by atoms with van der Waals surface area (Å²) >= 11 is 5.98. The van der Waals surface area contributed by atoms with E-state index in [1.54, 1.807) is 0 Å². The molecule has 0 saturated carbocycles. The van der Waals surface area contributed by atoms with E-state index >= 15 is 0 Å². The van der Waals surface area contributed by atoms with Gasteiger partial charge in [0.15, 0.2) is 0 Å². The highest BCUT2D eigenvalue weighted by Crippen LogP contribution is 2.27. The first-order chi connectivity index (χ1) is 9.16. The number of hydrogen-bond donors (Lipinski definition) is 1. The Morgan fingerprint density at radius 1 is 1.53 bits per heavy atom. The summed E-state index contributed by atoms with van der Waals surface area (Å²) in [4.78, 5) is 0. The van der Waals surface area contributed by atoms with Gasteiger partial charge in [-0.25, -0.2) is 0 Å². The van der Waals surface area contributed by atoms with Crippen LogP contribution in [0.1, 0.15) is 44.2 Å². The summed E-state index contributed by atoms with van der Waals surface area (Å²) in [5.74, 6) is 0.840. The van der Waals surface area contributed by atoms with Crippen LogP contribution in [-0.4, -0.2) is 19.3 Å². The highest BCUT2D eigenvalue weighted by molar-refractivity contribution is 6.30. The molecule has 106 valence electrons. The Morgan fingerprint density at radius 3 is 3.05 bits per heavy atom. The molecule has 4 heteroatoms. The van der Waals surface area contributed by atoms with Crippen LogP contribution in [0.2, 0.25) is 5.02 Å². The summed E-state index contributed by atoms with van der Waals surface area (Å²) in [5.41, 5.74) is 6.89. The van der Waals surface area contributed by atoms with Gasteiger partial charge in [0.05, 0.1) is 12.7 Å². The van der Waals surface area contributed by atoms with Crippen molar-refractivity contribution in [2.24, 2.45) is 5.73 Å². The zero-order chi connectivity index (χ0) is 13.7. The minimum Gasteiger partial charge on any atom is -0.493 e. The zero-order valence-corrected chi connectivity index (χ0v) is 12.2. The van der Waals surface area contributed by atoms with Crippen molar-refractivity contribution < 1.29 is 9.47 Å². The fourth-order valence-electron chi connectivity index (χ4n) is 2.37. The van der Waals surface area contributed by atoms with Crippen LogP contribution in [0.4, 0.5) is 0 Å². The van der Waals surface area contributed by atoms with Crippen LogP contribution in [0.15, 0.2) is 18.2 Å². The highest BCUT2D eigenvalue weighted by atomic mass is 35.5. The average molecular weight is 284 g/mol. The Balaban J connectivity index is 1.81. The summed E-state index contributed by atoms with van der Waals surface area (Å²) in [7, 11) is 0. The van der Waals surface area contributed by atoms with E-state index in [9.17, 15) is 0 Å². The van der Waals surface area contributed by atoms with E-state index in [1.807, 2.05) is 25.1 Å². The third kappa shape index (κ3) is 4.37. The Kier molecular flexibility index (Phi) is 5.49. The monoisotopic (exact) mass is 283 g/mol. The Labute approximate surface area is 120 Å². The summed E-state index contributed by atoms with van der Waals surface area (Å²) < 4.78 is 11.4. The molecule has 1 saturated heterocycles. The number of halogens is 1. The van der Waals surface area contributed by atoms with E-state index in [0.29, 0.717) is 17.7 Å². The van der Waals surface area contributed by atoms with Gasteiger partial charge in [-0.2, -0.15) is 0 Å². The number of ether oxygens (including phenoxy) is 2. The number of nitrogens with two attached hydrogens (primary N) is 1. The third-order valence-corrected chi connectivity index (χ3v) is 3.65. The number of benzene rings is 1. The van der Waals surface area contributed by atoms with Crippen molar-refractivity contribution in [3.8, 4) is 5.75 Å². The highest BCUT2D eigenvalue weighted by Gasteiger charge is 2.15. The van der Waals surface area contributed by atoms with Crippen molar-refractivity contribution in [2.75, 3.05) is 13.2 Å². The van der Waals surface area contributed by atoms with Crippen molar-refractivity contribution in [1.29, 1.82) is 0 Å². The van der Waals surface area contributed by atoms with E-state index in [1.165, 1.54) is 12.8 Å². The standard InChI is InChI=1S/C15H22ClNO2/c1-11(17)14-10-12(16)6-7-15(14)19-9-3-5-13-4-2-8-18-13/h6-7,10-11,13H,2-5,8-9,17H2,1H3. The van der Waals surface area contributed by atoms with E-state index in [2.05, 4.69) is 0 Å². The lowest BCUT2D eigenvalue weighted by molar-refractivity contribution is 0.0980. The Bertz CT molecular complexity index is 403. The number of hydrogen-bond acceptors (Lipinski definition) is 3. The molecular formula is C15H22ClNO2. The predicted octanol–water partition coefficient (Wildman–Crippen LogP) is 3.70. The normalized spacial score (nSPS) is 20.5. The first-order valence-electron chi connectivity index (χ1n) is 6.96. The largest absolute Gasteiger partial charge is 0.493 e. The average Bonchev–Trinajstić information content (AvgIpc) is 2.89. The van der Waals surface area contributed by atoms with Crippen LogP contribution in [0, 0.1) is 0 Å². The lowest BCUT2D eigenvalue weighted by atomic mass is 10.1. The van der Waals surface area contributed by atoms with Crippen LogP contribution >= 0.6 is 11.6 Å². The molecule has 1 aliphatic rings. The zero-order valence-electron chi connectivity index (χ0n) is 11.4. The van der Waals surface area contributed by atoms with Crippen LogP contribution in [0.25, 0.3) is 0 Å². The molecule has 0 amide bonds. The third-order valence-electron chi connectivity index (χ3n) is 3.41. The molecule has 1 aromatic carbocycles. The van der Waals surface area contributed by atoms with Gasteiger partial charge in [-0.15, -0.1) is 0 Å². The lowest BCUT2D eigenvalue weighted by Crippen LogP contribution is -2.10. The van der Waals surface area contributed by atoms with Crippen LogP contribution < -0.4 is 10.5 Å². The Hall–Kier alpha value is -0.770. The van der Waals surface area contributed by atoms with Gasteiger partial charge in [-0.3, -0.25) is 0 Å².